The first-order valence-corrected chi connectivity index (χ1v) is 9.00. The fourth-order valence-electron chi connectivity index (χ4n) is 2.41. The van der Waals surface area contributed by atoms with Crippen molar-refractivity contribution in [2.24, 2.45) is 0 Å². The van der Waals surface area contributed by atoms with Gasteiger partial charge in [-0.15, -0.1) is 5.10 Å². The van der Waals surface area contributed by atoms with E-state index in [2.05, 4.69) is 20.2 Å². The van der Waals surface area contributed by atoms with Crippen molar-refractivity contribution >= 4 is 32.7 Å². The van der Waals surface area contributed by atoms with Crippen LogP contribution in [-0.2, 0) is 20.8 Å². The molecule has 0 spiro atoms. The number of fused-ring (bicyclic) bond motifs is 3. The molecule has 0 amide bonds. The van der Waals surface area contributed by atoms with Crippen LogP contribution in [0.1, 0.15) is 0 Å². The van der Waals surface area contributed by atoms with E-state index in [1.165, 1.54) is 15.5 Å². The van der Waals surface area contributed by atoms with Gasteiger partial charge in [-0.2, -0.15) is 23.0 Å². The molecule has 0 saturated carbocycles. The Morgan fingerprint density at radius 1 is 1.32 bits per heavy atom. The lowest BCUT2D eigenvalue weighted by Crippen LogP contribution is -2.12. The van der Waals surface area contributed by atoms with Gasteiger partial charge < -0.3 is 10.2 Å². The topological polar surface area (TPSA) is 143 Å². The van der Waals surface area contributed by atoms with Crippen molar-refractivity contribution in [2.75, 3.05) is 18.6 Å². The largest absolute Gasteiger partial charge is 0.461 e. The highest BCUT2D eigenvalue weighted by Gasteiger charge is 2.17. The SMILES string of the molecule is CS(=O)(=O)OCCn1ncc2c1nc(N)n1nc(-c3ccco3)nc21. The van der Waals surface area contributed by atoms with Crippen LogP contribution in [0.15, 0.2) is 29.0 Å². The van der Waals surface area contributed by atoms with Gasteiger partial charge in [-0.3, -0.25) is 4.18 Å². The van der Waals surface area contributed by atoms with Gasteiger partial charge in [0.15, 0.2) is 17.1 Å². The van der Waals surface area contributed by atoms with E-state index >= 15 is 0 Å². The van der Waals surface area contributed by atoms with Crippen LogP contribution in [0.3, 0.4) is 0 Å². The molecule has 130 valence electrons. The summed E-state index contributed by atoms with van der Waals surface area (Å²) in [6.45, 7) is 0.130. The minimum Gasteiger partial charge on any atom is -0.461 e. The predicted octanol–water partition coefficient (Wildman–Crippen LogP) is 0.292. The normalized spacial score (nSPS) is 12.4. The highest BCUT2D eigenvalue weighted by molar-refractivity contribution is 7.85. The van der Waals surface area contributed by atoms with Crippen molar-refractivity contribution in [3.63, 3.8) is 0 Å². The molecule has 4 rings (SSSR count). The van der Waals surface area contributed by atoms with E-state index < -0.39 is 10.1 Å². The van der Waals surface area contributed by atoms with E-state index in [0.717, 1.165) is 6.26 Å². The summed E-state index contributed by atoms with van der Waals surface area (Å²) >= 11 is 0. The molecule has 0 aromatic carbocycles. The Morgan fingerprint density at radius 3 is 2.88 bits per heavy atom. The third-order valence-electron chi connectivity index (χ3n) is 3.44. The molecule has 4 heterocycles. The first kappa shape index (κ1) is 15.5. The average Bonchev–Trinajstić information content (AvgIpc) is 3.24. The molecule has 0 aliphatic heterocycles. The number of nitrogen functional groups attached to an aromatic ring is 1. The van der Waals surface area contributed by atoms with Gasteiger partial charge in [0, 0.05) is 0 Å². The Morgan fingerprint density at radius 2 is 2.16 bits per heavy atom. The summed E-state index contributed by atoms with van der Waals surface area (Å²) in [5.41, 5.74) is 6.90. The van der Waals surface area contributed by atoms with Gasteiger partial charge in [-0.05, 0) is 12.1 Å². The molecule has 25 heavy (non-hydrogen) atoms. The zero-order chi connectivity index (χ0) is 17.6. The van der Waals surface area contributed by atoms with Crippen LogP contribution >= 0.6 is 0 Å². The predicted molar refractivity (Wildman–Crippen MR) is 87.0 cm³/mol. The quantitative estimate of drug-likeness (QED) is 0.495. The first-order valence-electron chi connectivity index (χ1n) is 7.18. The maximum Gasteiger partial charge on any atom is 0.264 e. The first-order chi connectivity index (χ1) is 11.9. The molecule has 0 aliphatic carbocycles. The fraction of sp³-hybridized carbons (Fsp3) is 0.231. The molecule has 12 heteroatoms. The van der Waals surface area contributed by atoms with Crippen LogP contribution in [-0.4, -0.2) is 50.6 Å². The monoisotopic (exact) mass is 363 g/mol. The Bertz CT molecular complexity index is 1160. The molecule has 0 aliphatic rings. The molecule has 0 atom stereocenters. The minimum absolute atomic E-state index is 0.0628. The summed E-state index contributed by atoms with van der Waals surface area (Å²) in [5.74, 6) is 1.00. The van der Waals surface area contributed by atoms with Crippen molar-refractivity contribution in [2.45, 2.75) is 6.54 Å². The summed E-state index contributed by atoms with van der Waals surface area (Å²) in [7, 11) is -3.52. The molecule has 11 nitrogen and oxygen atoms in total. The lowest BCUT2D eigenvalue weighted by atomic mass is 10.4. The summed E-state index contributed by atoms with van der Waals surface area (Å²) in [6.07, 6.45) is 4.08. The molecule has 0 bridgehead atoms. The summed E-state index contributed by atoms with van der Waals surface area (Å²) in [4.78, 5) is 8.71. The maximum atomic E-state index is 11.0. The third kappa shape index (κ3) is 2.81. The van der Waals surface area contributed by atoms with Gasteiger partial charge >= 0.3 is 0 Å². The lowest BCUT2D eigenvalue weighted by Gasteiger charge is -2.04. The zero-order valence-corrected chi connectivity index (χ0v) is 13.8. The second-order valence-electron chi connectivity index (χ2n) is 5.25. The second-order valence-corrected chi connectivity index (χ2v) is 6.89. The van der Waals surface area contributed by atoms with E-state index in [-0.39, 0.29) is 19.1 Å². The molecule has 0 unspecified atom stereocenters. The van der Waals surface area contributed by atoms with Gasteiger partial charge in [-0.25, -0.2) is 9.67 Å². The van der Waals surface area contributed by atoms with Crippen molar-refractivity contribution in [1.82, 2.24) is 29.4 Å². The van der Waals surface area contributed by atoms with E-state index in [9.17, 15) is 8.42 Å². The molecular formula is C13H13N7O4S. The standard InChI is InChI=1S/C13H13N7O4S/c1-25(21,22)24-6-4-19-11-8(7-15-19)12-16-10(9-3-2-5-23-9)18-20(12)13(14)17-11/h2-3,5,7H,4,6H2,1H3,(H2,14,17). The fourth-order valence-corrected chi connectivity index (χ4v) is 2.78. The van der Waals surface area contributed by atoms with Crippen LogP contribution in [0.4, 0.5) is 5.95 Å². The second kappa shape index (κ2) is 5.53. The van der Waals surface area contributed by atoms with Crippen LogP contribution in [0.5, 0.6) is 0 Å². The summed E-state index contributed by atoms with van der Waals surface area (Å²) in [6, 6.07) is 3.47. The van der Waals surface area contributed by atoms with Crippen molar-refractivity contribution in [3.05, 3.63) is 24.6 Å². The number of nitrogens with two attached hydrogens (primary N) is 1. The molecular weight excluding hydrogens is 350 g/mol. The van der Waals surface area contributed by atoms with Crippen LogP contribution < -0.4 is 5.73 Å². The Hall–Kier alpha value is -2.99. The van der Waals surface area contributed by atoms with Crippen molar-refractivity contribution in [3.8, 4) is 11.6 Å². The average molecular weight is 363 g/mol. The third-order valence-corrected chi connectivity index (χ3v) is 4.03. The lowest BCUT2D eigenvalue weighted by molar-refractivity contribution is 0.299. The Kier molecular flexibility index (Phi) is 3.43. The molecule has 4 aromatic heterocycles. The van der Waals surface area contributed by atoms with Crippen molar-refractivity contribution < 1.29 is 17.0 Å². The molecule has 0 radical (unpaired) electrons. The van der Waals surface area contributed by atoms with Gasteiger partial charge in [0.25, 0.3) is 10.1 Å². The number of nitrogens with zero attached hydrogens (tertiary/aromatic N) is 6. The van der Waals surface area contributed by atoms with Gasteiger partial charge in [0.05, 0.1) is 37.3 Å². The van der Waals surface area contributed by atoms with Crippen LogP contribution in [0, 0.1) is 0 Å². The highest BCUT2D eigenvalue weighted by atomic mass is 32.2. The number of hydrogen-bond donors (Lipinski definition) is 1. The number of anilines is 1. The van der Waals surface area contributed by atoms with Gasteiger partial charge in [-0.1, -0.05) is 0 Å². The van der Waals surface area contributed by atoms with Crippen molar-refractivity contribution in [1.29, 1.82) is 0 Å². The Labute approximate surface area is 141 Å². The van der Waals surface area contributed by atoms with E-state index in [0.29, 0.717) is 28.3 Å². The summed E-state index contributed by atoms with van der Waals surface area (Å²) < 4.78 is 35.0. The van der Waals surface area contributed by atoms with E-state index in [4.69, 9.17) is 14.3 Å². The molecule has 2 N–H and O–H groups in total. The maximum absolute atomic E-state index is 11.0. The van der Waals surface area contributed by atoms with E-state index in [1.54, 1.807) is 18.3 Å². The minimum atomic E-state index is -3.52. The van der Waals surface area contributed by atoms with Gasteiger partial charge in [0.2, 0.25) is 11.8 Å². The molecule has 4 aromatic rings. The zero-order valence-electron chi connectivity index (χ0n) is 13.0. The van der Waals surface area contributed by atoms with Gasteiger partial charge in [0.1, 0.15) is 0 Å². The van der Waals surface area contributed by atoms with Crippen LogP contribution in [0.25, 0.3) is 28.3 Å². The summed E-state index contributed by atoms with van der Waals surface area (Å²) in [5, 5.41) is 9.11. The number of furan rings is 1. The number of hydrogen-bond acceptors (Lipinski definition) is 9. The molecule has 0 saturated heterocycles. The molecule has 0 fully saturated rings. The Balaban J connectivity index is 1.77. The highest BCUT2D eigenvalue weighted by Crippen LogP contribution is 2.23. The number of aromatic nitrogens is 6. The smallest absolute Gasteiger partial charge is 0.264 e. The van der Waals surface area contributed by atoms with E-state index in [1.807, 2.05) is 0 Å². The van der Waals surface area contributed by atoms with Crippen LogP contribution in [0.2, 0.25) is 0 Å². The number of rotatable bonds is 5.